The summed E-state index contributed by atoms with van der Waals surface area (Å²) in [4.78, 5) is 14.2. The average molecular weight is 338 g/mol. The van der Waals surface area contributed by atoms with E-state index >= 15 is 0 Å². The molecule has 3 heterocycles. The number of rotatable bonds is 5. The molecule has 0 spiro atoms. The van der Waals surface area contributed by atoms with Gasteiger partial charge in [-0.2, -0.15) is 5.10 Å². The second-order valence-corrected chi connectivity index (χ2v) is 6.56. The SMILES string of the molecule is COC[C@@H]1C[C@@H](O)CN1C(=O)NC[C@@H]1CCCO[C@H]1c1cn[nH]c1. The van der Waals surface area contributed by atoms with Gasteiger partial charge in [0, 0.05) is 44.5 Å². The molecule has 0 aromatic carbocycles. The van der Waals surface area contributed by atoms with Crippen molar-refractivity contribution in [3.05, 3.63) is 18.0 Å². The first-order valence-corrected chi connectivity index (χ1v) is 8.50. The third kappa shape index (κ3) is 3.88. The van der Waals surface area contributed by atoms with Crippen molar-refractivity contribution >= 4 is 6.03 Å². The molecule has 1 aromatic heterocycles. The molecule has 2 aliphatic rings. The van der Waals surface area contributed by atoms with Gasteiger partial charge in [0.1, 0.15) is 0 Å². The molecular weight excluding hydrogens is 312 g/mol. The van der Waals surface area contributed by atoms with Gasteiger partial charge in [-0.1, -0.05) is 0 Å². The molecule has 1 aromatic rings. The topological polar surface area (TPSA) is 99.7 Å². The van der Waals surface area contributed by atoms with E-state index in [0.717, 1.165) is 25.0 Å². The lowest BCUT2D eigenvalue weighted by molar-refractivity contribution is -0.0272. The number of aromatic amines is 1. The number of H-pyrrole nitrogens is 1. The number of urea groups is 1. The van der Waals surface area contributed by atoms with Crippen molar-refractivity contribution in [2.45, 2.75) is 37.5 Å². The Balaban J connectivity index is 1.56. The summed E-state index contributed by atoms with van der Waals surface area (Å²) in [6, 6.07) is -0.220. The molecule has 3 N–H and O–H groups in total. The number of β-amino-alcohol motifs (C(OH)–C–C–N with tert-alkyl or cyclic N) is 1. The second kappa shape index (κ2) is 7.96. The molecule has 0 saturated carbocycles. The maximum atomic E-state index is 12.5. The zero-order valence-corrected chi connectivity index (χ0v) is 14.0. The number of amides is 2. The minimum atomic E-state index is -0.479. The first-order valence-electron chi connectivity index (χ1n) is 8.50. The number of aliphatic hydroxyl groups is 1. The van der Waals surface area contributed by atoms with Gasteiger partial charge in [-0.15, -0.1) is 0 Å². The maximum absolute atomic E-state index is 12.5. The highest BCUT2D eigenvalue weighted by Gasteiger charge is 2.35. The summed E-state index contributed by atoms with van der Waals surface area (Å²) >= 11 is 0. The smallest absolute Gasteiger partial charge is 0.317 e. The van der Waals surface area contributed by atoms with Gasteiger partial charge in [0.2, 0.25) is 0 Å². The van der Waals surface area contributed by atoms with Crippen LogP contribution in [0.2, 0.25) is 0 Å². The van der Waals surface area contributed by atoms with Gasteiger partial charge in [0.05, 0.1) is 31.1 Å². The number of methoxy groups -OCH3 is 1. The van der Waals surface area contributed by atoms with Crippen LogP contribution in [0.1, 0.15) is 30.9 Å². The molecule has 134 valence electrons. The van der Waals surface area contributed by atoms with Gasteiger partial charge in [-0.05, 0) is 19.3 Å². The summed E-state index contributed by atoms with van der Waals surface area (Å²) in [5.74, 6) is 0.216. The Labute approximate surface area is 141 Å². The van der Waals surface area contributed by atoms with Crippen LogP contribution in [-0.2, 0) is 9.47 Å². The van der Waals surface area contributed by atoms with Crippen molar-refractivity contribution in [1.29, 1.82) is 0 Å². The highest BCUT2D eigenvalue weighted by Crippen LogP contribution is 2.32. The zero-order valence-electron chi connectivity index (χ0n) is 14.0. The highest BCUT2D eigenvalue weighted by molar-refractivity contribution is 5.75. The standard InChI is InChI=1S/C16H26N4O4/c1-23-10-13-5-14(21)9-20(13)16(22)17-6-11-3-2-4-24-15(11)12-7-18-19-8-12/h7-8,11,13-15,21H,2-6,9-10H2,1H3,(H,17,22)(H,18,19)/t11-,13-,14+,15+/m0/s1. The lowest BCUT2D eigenvalue weighted by atomic mass is 9.91. The number of nitrogens with one attached hydrogen (secondary N) is 2. The van der Waals surface area contributed by atoms with E-state index < -0.39 is 6.10 Å². The molecule has 24 heavy (non-hydrogen) atoms. The Morgan fingerprint density at radius 1 is 1.62 bits per heavy atom. The van der Waals surface area contributed by atoms with E-state index in [1.807, 2.05) is 6.20 Å². The third-order valence-electron chi connectivity index (χ3n) is 4.82. The van der Waals surface area contributed by atoms with E-state index in [2.05, 4.69) is 15.5 Å². The van der Waals surface area contributed by atoms with Crippen LogP contribution in [0.25, 0.3) is 0 Å². The largest absolute Gasteiger partial charge is 0.391 e. The lowest BCUT2D eigenvalue weighted by Crippen LogP contribution is -2.46. The fourth-order valence-electron chi connectivity index (χ4n) is 3.65. The predicted molar refractivity (Wildman–Crippen MR) is 86.4 cm³/mol. The molecule has 0 radical (unpaired) electrons. The van der Waals surface area contributed by atoms with Gasteiger partial charge in [-0.25, -0.2) is 4.79 Å². The van der Waals surface area contributed by atoms with E-state index in [-0.39, 0.29) is 24.1 Å². The van der Waals surface area contributed by atoms with E-state index in [1.165, 1.54) is 0 Å². The summed E-state index contributed by atoms with van der Waals surface area (Å²) in [5, 5.41) is 19.6. The predicted octanol–water partition coefficient (Wildman–Crippen LogP) is 0.669. The number of aliphatic hydroxyl groups excluding tert-OH is 1. The number of ether oxygens (including phenoxy) is 2. The van der Waals surface area contributed by atoms with Gasteiger partial charge >= 0.3 is 6.03 Å². The van der Waals surface area contributed by atoms with Crippen molar-refractivity contribution in [3.63, 3.8) is 0 Å². The number of carbonyl (C=O) groups is 1. The number of carbonyl (C=O) groups excluding carboxylic acids is 1. The normalized spacial score (nSPS) is 30.5. The van der Waals surface area contributed by atoms with E-state index in [4.69, 9.17) is 9.47 Å². The molecule has 2 aliphatic heterocycles. The Kier molecular flexibility index (Phi) is 5.70. The molecule has 8 nitrogen and oxygen atoms in total. The zero-order chi connectivity index (χ0) is 16.9. The molecule has 0 aliphatic carbocycles. The second-order valence-electron chi connectivity index (χ2n) is 6.56. The molecule has 2 amide bonds. The molecule has 3 rings (SSSR count). The van der Waals surface area contributed by atoms with Gasteiger partial charge in [0.15, 0.2) is 0 Å². The van der Waals surface area contributed by atoms with Crippen LogP contribution in [0.5, 0.6) is 0 Å². The van der Waals surface area contributed by atoms with Crippen molar-refractivity contribution < 1.29 is 19.4 Å². The molecule has 2 fully saturated rings. The minimum absolute atomic E-state index is 0.0447. The molecule has 2 saturated heterocycles. The number of likely N-dealkylation sites (tertiary alicyclic amines) is 1. The average Bonchev–Trinajstić information content (AvgIpc) is 3.23. The van der Waals surface area contributed by atoms with Crippen LogP contribution < -0.4 is 5.32 Å². The monoisotopic (exact) mass is 338 g/mol. The van der Waals surface area contributed by atoms with Gasteiger partial charge in [0.25, 0.3) is 0 Å². The summed E-state index contributed by atoms with van der Waals surface area (Å²) in [6.45, 7) is 2.07. The molecule has 4 atom stereocenters. The minimum Gasteiger partial charge on any atom is -0.391 e. The Hall–Kier alpha value is -1.64. The van der Waals surface area contributed by atoms with Crippen LogP contribution >= 0.6 is 0 Å². The van der Waals surface area contributed by atoms with Crippen molar-refractivity contribution in [3.8, 4) is 0 Å². The highest BCUT2D eigenvalue weighted by atomic mass is 16.5. The first-order chi connectivity index (χ1) is 11.7. The molecule has 0 unspecified atom stereocenters. The summed E-state index contributed by atoms with van der Waals surface area (Å²) < 4.78 is 11.0. The summed E-state index contributed by atoms with van der Waals surface area (Å²) in [5.41, 5.74) is 1.02. The molecular formula is C16H26N4O4. The first kappa shape index (κ1) is 17.2. The Morgan fingerprint density at radius 2 is 2.50 bits per heavy atom. The van der Waals surface area contributed by atoms with Crippen molar-refractivity contribution in [2.24, 2.45) is 5.92 Å². The van der Waals surface area contributed by atoms with Gasteiger partial charge < -0.3 is 24.8 Å². The van der Waals surface area contributed by atoms with Crippen LogP contribution in [0.4, 0.5) is 4.79 Å². The van der Waals surface area contributed by atoms with Crippen LogP contribution in [0.15, 0.2) is 12.4 Å². The summed E-state index contributed by atoms with van der Waals surface area (Å²) in [7, 11) is 1.61. The van der Waals surface area contributed by atoms with Crippen LogP contribution in [-0.4, -0.2) is 71.8 Å². The number of nitrogens with zero attached hydrogens (tertiary/aromatic N) is 2. The quantitative estimate of drug-likeness (QED) is 0.733. The van der Waals surface area contributed by atoms with Crippen molar-refractivity contribution in [1.82, 2.24) is 20.4 Å². The van der Waals surface area contributed by atoms with E-state index in [1.54, 1.807) is 18.2 Å². The number of hydrogen-bond acceptors (Lipinski definition) is 5. The molecule has 8 heteroatoms. The Morgan fingerprint density at radius 3 is 3.25 bits per heavy atom. The van der Waals surface area contributed by atoms with E-state index in [0.29, 0.717) is 26.1 Å². The lowest BCUT2D eigenvalue weighted by Gasteiger charge is -2.32. The summed E-state index contributed by atoms with van der Waals surface area (Å²) in [6.07, 6.45) is 5.64. The van der Waals surface area contributed by atoms with Gasteiger partial charge in [-0.3, -0.25) is 5.10 Å². The Bertz CT molecular complexity index is 524. The number of hydrogen-bond donors (Lipinski definition) is 3. The fourth-order valence-corrected chi connectivity index (χ4v) is 3.65. The van der Waals surface area contributed by atoms with Crippen LogP contribution in [0, 0.1) is 5.92 Å². The fraction of sp³-hybridized carbons (Fsp3) is 0.750. The number of aromatic nitrogens is 2. The third-order valence-corrected chi connectivity index (χ3v) is 4.82. The van der Waals surface area contributed by atoms with Crippen molar-refractivity contribution in [2.75, 3.05) is 33.4 Å². The maximum Gasteiger partial charge on any atom is 0.317 e. The van der Waals surface area contributed by atoms with Crippen LogP contribution in [0.3, 0.4) is 0 Å². The van der Waals surface area contributed by atoms with E-state index in [9.17, 15) is 9.90 Å². The molecule has 0 bridgehead atoms.